The van der Waals surface area contributed by atoms with Gasteiger partial charge in [-0.25, -0.2) is 0 Å². The summed E-state index contributed by atoms with van der Waals surface area (Å²) in [5.41, 5.74) is 0.380. The molecule has 0 N–H and O–H groups in total. The normalized spacial score (nSPS) is 28.2. The standard InChI is InChI=1S/C13H27NS/c1-10-6-11(10)7-14(5)8-12(9-15)13(2,3)4/h10-12,15H,6-9H2,1-5H3. The Balaban J connectivity index is 2.31. The second-order valence-corrected chi connectivity index (χ2v) is 6.80. The molecule has 3 atom stereocenters. The quantitative estimate of drug-likeness (QED) is 0.709. The van der Waals surface area contributed by atoms with Gasteiger partial charge in [-0.2, -0.15) is 12.6 Å². The molecule has 0 amide bonds. The largest absolute Gasteiger partial charge is 0.306 e. The van der Waals surface area contributed by atoms with Crippen LogP contribution in [0.4, 0.5) is 0 Å². The fourth-order valence-corrected chi connectivity index (χ4v) is 2.77. The Hall–Kier alpha value is 0.310. The number of rotatable bonds is 5. The summed E-state index contributed by atoms with van der Waals surface area (Å²) >= 11 is 4.48. The average Bonchev–Trinajstić information content (AvgIpc) is 2.75. The minimum absolute atomic E-state index is 0.380. The highest BCUT2D eigenvalue weighted by atomic mass is 32.1. The molecule has 1 aliphatic carbocycles. The molecule has 1 nitrogen and oxygen atoms in total. The molecule has 2 heteroatoms. The molecule has 0 aromatic rings. The number of hydrogen-bond acceptors (Lipinski definition) is 2. The summed E-state index contributed by atoms with van der Waals surface area (Å²) in [7, 11) is 2.26. The highest BCUT2D eigenvalue weighted by Gasteiger charge is 2.34. The summed E-state index contributed by atoms with van der Waals surface area (Å²) in [6, 6.07) is 0. The molecule has 1 saturated carbocycles. The number of thiol groups is 1. The summed E-state index contributed by atoms with van der Waals surface area (Å²) in [6.45, 7) is 11.8. The first kappa shape index (κ1) is 13.4. The van der Waals surface area contributed by atoms with Crippen molar-refractivity contribution in [1.82, 2.24) is 4.90 Å². The van der Waals surface area contributed by atoms with E-state index in [1.54, 1.807) is 0 Å². The van der Waals surface area contributed by atoms with Gasteiger partial charge in [0.05, 0.1) is 0 Å². The molecule has 0 aliphatic heterocycles. The molecular formula is C13H27NS. The molecule has 1 aliphatic rings. The maximum absolute atomic E-state index is 4.48. The lowest BCUT2D eigenvalue weighted by Crippen LogP contribution is -2.35. The summed E-state index contributed by atoms with van der Waals surface area (Å²) in [4.78, 5) is 2.50. The maximum atomic E-state index is 4.48. The highest BCUT2D eigenvalue weighted by Crippen LogP contribution is 2.38. The summed E-state index contributed by atoms with van der Waals surface area (Å²) in [6.07, 6.45) is 1.44. The molecule has 3 unspecified atom stereocenters. The first-order chi connectivity index (χ1) is 6.84. The third kappa shape index (κ3) is 4.36. The lowest BCUT2D eigenvalue weighted by atomic mass is 9.81. The lowest BCUT2D eigenvalue weighted by molar-refractivity contribution is 0.182. The van der Waals surface area contributed by atoms with Gasteiger partial charge < -0.3 is 4.90 Å². The van der Waals surface area contributed by atoms with Gasteiger partial charge in [0, 0.05) is 13.1 Å². The van der Waals surface area contributed by atoms with Gasteiger partial charge in [-0.05, 0) is 42.4 Å². The van der Waals surface area contributed by atoms with Crippen molar-refractivity contribution in [3.63, 3.8) is 0 Å². The summed E-state index contributed by atoms with van der Waals surface area (Å²) in [5, 5.41) is 0. The van der Waals surface area contributed by atoms with Gasteiger partial charge in [0.1, 0.15) is 0 Å². The van der Waals surface area contributed by atoms with Crippen LogP contribution in [0, 0.1) is 23.2 Å². The topological polar surface area (TPSA) is 3.24 Å². The Kier molecular flexibility index (Phi) is 4.54. The van der Waals surface area contributed by atoms with E-state index in [0.717, 1.165) is 17.6 Å². The van der Waals surface area contributed by atoms with Crippen LogP contribution in [0.2, 0.25) is 0 Å². The van der Waals surface area contributed by atoms with Gasteiger partial charge in [0.15, 0.2) is 0 Å². The van der Waals surface area contributed by atoms with Gasteiger partial charge in [0.25, 0.3) is 0 Å². The second kappa shape index (κ2) is 5.09. The summed E-state index contributed by atoms with van der Waals surface area (Å²) < 4.78 is 0. The third-order valence-corrected chi connectivity index (χ3v) is 4.24. The third-order valence-electron chi connectivity index (χ3n) is 3.80. The van der Waals surface area contributed by atoms with Gasteiger partial charge >= 0.3 is 0 Å². The molecule has 0 radical (unpaired) electrons. The average molecular weight is 229 g/mol. The van der Waals surface area contributed by atoms with Crippen LogP contribution < -0.4 is 0 Å². The molecule has 0 spiro atoms. The zero-order chi connectivity index (χ0) is 11.6. The fourth-order valence-electron chi connectivity index (χ4n) is 2.11. The monoisotopic (exact) mass is 229 g/mol. The predicted molar refractivity (Wildman–Crippen MR) is 71.6 cm³/mol. The second-order valence-electron chi connectivity index (χ2n) is 6.44. The Morgan fingerprint density at radius 3 is 2.27 bits per heavy atom. The van der Waals surface area contributed by atoms with Crippen molar-refractivity contribution in [3.8, 4) is 0 Å². The van der Waals surface area contributed by atoms with Crippen molar-refractivity contribution in [2.45, 2.75) is 34.1 Å². The van der Waals surface area contributed by atoms with Crippen LogP contribution >= 0.6 is 12.6 Å². The SMILES string of the molecule is CC1CC1CN(C)CC(CS)C(C)(C)C. The molecule has 15 heavy (non-hydrogen) atoms. The molecule has 0 bridgehead atoms. The van der Waals surface area contributed by atoms with Crippen LogP contribution in [0.5, 0.6) is 0 Å². The molecule has 0 saturated heterocycles. The van der Waals surface area contributed by atoms with Crippen molar-refractivity contribution in [1.29, 1.82) is 0 Å². The Morgan fingerprint density at radius 1 is 1.40 bits per heavy atom. The van der Waals surface area contributed by atoms with E-state index in [4.69, 9.17) is 0 Å². The zero-order valence-corrected chi connectivity index (χ0v) is 11.8. The highest BCUT2D eigenvalue weighted by molar-refractivity contribution is 7.80. The molecule has 0 heterocycles. The van der Waals surface area contributed by atoms with Crippen molar-refractivity contribution < 1.29 is 0 Å². The molecule has 0 aromatic carbocycles. The summed E-state index contributed by atoms with van der Waals surface area (Å²) in [5.74, 6) is 3.63. The van der Waals surface area contributed by atoms with Crippen molar-refractivity contribution in [2.75, 3.05) is 25.9 Å². The maximum Gasteiger partial charge on any atom is 0.00195 e. The van der Waals surface area contributed by atoms with Gasteiger partial charge in [-0.3, -0.25) is 0 Å². The van der Waals surface area contributed by atoms with Gasteiger partial charge in [-0.1, -0.05) is 27.7 Å². The Morgan fingerprint density at radius 2 is 1.93 bits per heavy atom. The van der Waals surface area contributed by atoms with Crippen LogP contribution in [0.15, 0.2) is 0 Å². The Bertz CT molecular complexity index is 197. The number of nitrogens with zero attached hydrogens (tertiary/aromatic N) is 1. The van der Waals surface area contributed by atoms with Gasteiger partial charge in [0.2, 0.25) is 0 Å². The van der Waals surface area contributed by atoms with E-state index in [1.807, 2.05) is 0 Å². The number of hydrogen-bond donors (Lipinski definition) is 1. The van der Waals surface area contributed by atoms with Crippen molar-refractivity contribution in [3.05, 3.63) is 0 Å². The molecular weight excluding hydrogens is 202 g/mol. The van der Waals surface area contributed by atoms with Crippen LogP contribution in [-0.2, 0) is 0 Å². The van der Waals surface area contributed by atoms with E-state index < -0.39 is 0 Å². The van der Waals surface area contributed by atoms with E-state index in [1.165, 1.54) is 19.5 Å². The van der Waals surface area contributed by atoms with E-state index in [2.05, 4.69) is 52.3 Å². The zero-order valence-electron chi connectivity index (χ0n) is 11.0. The molecule has 1 fully saturated rings. The van der Waals surface area contributed by atoms with Crippen LogP contribution in [0.25, 0.3) is 0 Å². The molecule has 0 aromatic heterocycles. The van der Waals surface area contributed by atoms with Crippen LogP contribution in [-0.4, -0.2) is 30.8 Å². The van der Waals surface area contributed by atoms with Crippen LogP contribution in [0.1, 0.15) is 34.1 Å². The lowest BCUT2D eigenvalue weighted by Gasteiger charge is -2.33. The first-order valence-corrected chi connectivity index (χ1v) is 6.77. The van der Waals surface area contributed by atoms with Gasteiger partial charge in [-0.15, -0.1) is 0 Å². The van der Waals surface area contributed by atoms with E-state index in [9.17, 15) is 0 Å². The Labute approximate surface area is 101 Å². The fraction of sp³-hybridized carbons (Fsp3) is 1.00. The van der Waals surface area contributed by atoms with E-state index in [0.29, 0.717) is 11.3 Å². The van der Waals surface area contributed by atoms with Crippen LogP contribution in [0.3, 0.4) is 0 Å². The van der Waals surface area contributed by atoms with Crippen molar-refractivity contribution in [2.24, 2.45) is 23.2 Å². The van der Waals surface area contributed by atoms with Crippen molar-refractivity contribution >= 4 is 12.6 Å². The molecule has 1 rings (SSSR count). The first-order valence-electron chi connectivity index (χ1n) is 6.14. The molecule has 90 valence electrons. The minimum Gasteiger partial charge on any atom is -0.306 e. The van der Waals surface area contributed by atoms with E-state index in [-0.39, 0.29) is 0 Å². The van der Waals surface area contributed by atoms with E-state index >= 15 is 0 Å². The smallest absolute Gasteiger partial charge is 0.00195 e. The minimum atomic E-state index is 0.380. The predicted octanol–water partition coefficient (Wildman–Crippen LogP) is 3.17.